The van der Waals surface area contributed by atoms with Crippen molar-refractivity contribution in [3.05, 3.63) is 0 Å². The molecule has 0 radical (unpaired) electrons. The first-order valence-corrected chi connectivity index (χ1v) is 8.09. The Morgan fingerprint density at radius 2 is 1.81 bits per heavy atom. The van der Waals surface area contributed by atoms with Crippen LogP contribution in [-0.2, 0) is 4.79 Å². The van der Waals surface area contributed by atoms with Crippen LogP contribution in [-0.4, -0.2) is 55.1 Å². The van der Waals surface area contributed by atoms with E-state index in [0.29, 0.717) is 12.6 Å². The van der Waals surface area contributed by atoms with Crippen LogP contribution < -0.4 is 16.0 Å². The van der Waals surface area contributed by atoms with E-state index in [4.69, 9.17) is 0 Å². The van der Waals surface area contributed by atoms with Crippen molar-refractivity contribution in [1.29, 1.82) is 0 Å². The number of rotatable bonds is 6. The molecule has 0 aromatic heterocycles. The van der Waals surface area contributed by atoms with Gasteiger partial charge in [-0.25, -0.2) is 4.79 Å². The highest BCUT2D eigenvalue weighted by Crippen LogP contribution is 2.28. The van der Waals surface area contributed by atoms with Gasteiger partial charge in [0.15, 0.2) is 0 Å². The molecule has 1 saturated heterocycles. The minimum atomic E-state index is -0.406. The van der Waals surface area contributed by atoms with Gasteiger partial charge in [-0.2, -0.15) is 0 Å². The van der Waals surface area contributed by atoms with Crippen LogP contribution in [0.25, 0.3) is 0 Å². The summed E-state index contributed by atoms with van der Waals surface area (Å²) in [6.07, 6.45) is 4.92. The van der Waals surface area contributed by atoms with Gasteiger partial charge >= 0.3 is 6.03 Å². The van der Waals surface area contributed by atoms with Gasteiger partial charge in [0.1, 0.15) is 0 Å². The third-order valence-electron chi connectivity index (χ3n) is 4.02. The van der Waals surface area contributed by atoms with E-state index in [1.54, 1.807) is 0 Å². The molecule has 1 aliphatic carbocycles. The summed E-state index contributed by atoms with van der Waals surface area (Å²) >= 11 is 0. The maximum atomic E-state index is 11.8. The molecule has 2 fully saturated rings. The number of hydrogen-bond acceptors (Lipinski definition) is 4. The zero-order valence-corrected chi connectivity index (χ0v) is 13.2. The molecule has 1 aliphatic heterocycles. The smallest absolute Gasteiger partial charge is 0.321 e. The molecule has 120 valence electrons. The van der Waals surface area contributed by atoms with Crippen LogP contribution in [0.5, 0.6) is 0 Å². The number of nitrogens with zero attached hydrogens (tertiary/aromatic N) is 1. The zero-order valence-electron chi connectivity index (χ0n) is 13.2. The van der Waals surface area contributed by atoms with Gasteiger partial charge in [-0.1, -0.05) is 0 Å². The fourth-order valence-electron chi connectivity index (χ4n) is 2.62. The van der Waals surface area contributed by atoms with Gasteiger partial charge in [-0.05, 0) is 52.0 Å². The van der Waals surface area contributed by atoms with E-state index < -0.39 is 6.03 Å². The molecule has 6 nitrogen and oxygen atoms in total. The average Bonchev–Trinajstić information content (AvgIpc) is 3.20. The summed E-state index contributed by atoms with van der Waals surface area (Å²) in [4.78, 5) is 25.3. The molecule has 0 unspecified atom stereocenters. The molecule has 6 heteroatoms. The molecule has 21 heavy (non-hydrogen) atoms. The minimum absolute atomic E-state index is 0.0334. The van der Waals surface area contributed by atoms with Crippen molar-refractivity contribution in [2.75, 3.05) is 26.2 Å². The second-order valence-corrected chi connectivity index (χ2v) is 6.58. The van der Waals surface area contributed by atoms with Gasteiger partial charge in [-0.3, -0.25) is 15.0 Å². The first-order valence-electron chi connectivity index (χ1n) is 8.09. The van der Waals surface area contributed by atoms with Gasteiger partial charge in [0.25, 0.3) is 0 Å². The summed E-state index contributed by atoms with van der Waals surface area (Å²) in [5.74, 6) is 0.686. The predicted molar refractivity (Wildman–Crippen MR) is 82.0 cm³/mol. The van der Waals surface area contributed by atoms with Gasteiger partial charge in [0, 0.05) is 25.2 Å². The molecule has 0 aromatic rings. The number of carbonyl (C=O) groups is 2. The van der Waals surface area contributed by atoms with Gasteiger partial charge in [0.2, 0.25) is 5.91 Å². The number of piperidine rings is 1. The summed E-state index contributed by atoms with van der Waals surface area (Å²) in [6.45, 7) is 7.03. The van der Waals surface area contributed by atoms with E-state index in [-0.39, 0.29) is 11.9 Å². The largest absolute Gasteiger partial charge is 0.336 e. The highest BCUT2D eigenvalue weighted by molar-refractivity contribution is 5.95. The number of hydrogen-bond donors (Lipinski definition) is 3. The summed E-state index contributed by atoms with van der Waals surface area (Å²) in [6, 6.07) is 0.219. The number of likely N-dealkylation sites (tertiary alicyclic amines) is 1. The van der Waals surface area contributed by atoms with Crippen LogP contribution in [0.1, 0.15) is 39.5 Å². The lowest BCUT2D eigenvalue weighted by molar-refractivity contribution is -0.121. The van der Waals surface area contributed by atoms with Crippen molar-refractivity contribution in [1.82, 2.24) is 20.9 Å². The van der Waals surface area contributed by atoms with Crippen molar-refractivity contribution >= 4 is 11.9 Å². The monoisotopic (exact) mass is 296 g/mol. The Hall–Kier alpha value is -1.14. The standard InChI is InChI=1S/C15H28N4O2/c1-11(2)17-15(21)18-14(20)10-19-7-5-13(6-8-19)16-9-12-3-4-12/h11-13,16H,3-10H2,1-2H3,(H2,17,18,20,21). The summed E-state index contributed by atoms with van der Waals surface area (Å²) in [5, 5.41) is 8.64. The molecule has 1 heterocycles. The molecule has 2 aliphatic rings. The predicted octanol–water partition coefficient (Wildman–Crippen LogP) is 0.685. The minimum Gasteiger partial charge on any atom is -0.336 e. The molecular weight excluding hydrogens is 268 g/mol. The first-order chi connectivity index (χ1) is 10.0. The van der Waals surface area contributed by atoms with E-state index in [0.717, 1.165) is 38.4 Å². The quantitative estimate of drug-likeness (QED) is 0.674. The summed E-state index contributed by atoms with van der Waals surface area (Å²) in [5.41, 5.74) is 0. The number of imide groups is 1. The molecule has 2 rings (SSSR count). The van der Waals surface area contributed by atoms with Crippen LogP contribution in [0, 0.1) is 5.92 Å². The number of urea groups is 1. The van der Waals surface area contributed by atoms with Gasteiger partial charge in [-0.15, -0.1) is 0 Å². The Labute approximate surface area is 127 Å². The second kappa shape index (κ2) is 7.75. The van der Waals surface area contributed by atoms with Crippen LogP contribution in [0.15, 0.2) is 0 Å². The van der Waals surface area contributed by atoms with E-state index >= 15 is 0 Å². The lowest BCUT2D eigenvalue weighted by atomic mass is 10.0. The zero-order chi connectivity index (χ0) is 15.2. The fourth-order valence-corrected chi connectivity index (χ4v) is 2.62. The van der Waals surface area contributed by atoms with Crippen molar-refractivity contribution in [2.24, 2.45) is 5.92 Å². The van der Waals surface area contributed by atoms with E-state index in [1.807, 2.05) is 13.8 Å². The Morgan fingerprint density at radius 1 is 1.14 bits per heavy atom. The van der Waals surface area contributed by atoms with Crippen molar-refractivity contribution in [3.8, 4) is 0 Å². The number of nitrogens with one attached hydrogen (secondary N) is 3. The lowest BCUT2D eigenvalue weighted by Crippen LogP contribution is -2.49. The van der Waals surface area contributed by atoms with Crippen LogP contribution in [0.2, 0.25) is 0 Å². The molecular formula is C15H28N4O2. The van der Waals surface area contributed by atoms with Crippen LogP contribution >= 0.6 is 0 Å². The third kappa shape index (κ3) is 6.44. The lowest BCUT2D eigenvalue weighted by Gasteiger charge is -2.32. The maximum Gasteiger partial charge on any atom is 0.321 e. The molecule has 0 spiro atoms. The van der Waals surface area contributed by atoms with Gasteiger partial charge in [0.05, 0.1) is 6.54 Å². The van der Waals surface area contributed by atoms with E-state index in [9.17, 15) is 9.59 Å². The van der Waals surface area contributed by atoms with E-state index in [1.165, 1.54) is 12.8 Å². The molecule has 0 atom stereocenters. The van der Waals surface area contributed by atoms with Gasteiger partial charge < -0.3 is 10.6 Å². The van der Waals surface area contributed by atoms with Crippen LogP contribution in [0.3, 0.4) is 0 Å². The summed E-state index contributed by atoms with van der Waals surface area (Å²) in [7, 11) is 0. The Balaban J connectivity index is 1.58. The van der Waals surface area contributed by atoms with Crippen molar-refractivity contribution < 1.29 is 9.59 Å². The topological polar surface area (TPSA) is 73.5 Å². The SMILES string of the molecule is CC(C)NC(=O)NC(=O)CN1CCC(NCC2CC2)CC1. The molecule has 1 saturated carbocycles. The normalized spacial score (nSPS) is 20.5. The average molecular weight is 296 g/mol. The fraction of sp³-hybridized carbons (Fsp3) is 0.867. The molecule has 3 amide bonds. The Morgan fingerprint density at radius 3 is 2.38 bits per heavy atom. The highest BCUT2D eigenvalue weighted by Gasteiger charge is 2.25. The highest BCUT2D eigenvalue weighted by atomic mass is 16.2. The number of carbonyl (C=O) groups excluding carboxylic acids is 2. The van der Waals surface area contributed by atoms with Crippen LogP contribution in [0.4, 0.5) is 4.79 Å². The van der Waals surface area contributed by atoms with E-state index in [2.05, 4.69) is 20.9 Å². The Bertz CT molecular complexity index is 361. The number of amides is 3. The second-order valence-electron chi connectivity index (χ2n) is 6.58. The third-order valence-corrected chi connectivity index (χ3v) is 4.02. The Kier molecular flexibility index (Phi) is 5.99. The van der Waals surface area contributed by atoms with Crippen molar-refractivity contribution in [3.63, 3.8) is 0 Å². The molecule has 3 N–H and O–H groups in total. The molecule has 0 bridgehead atoms. The molecule has 0 aromatic carbocycles. The summed E-state index contributed by atoms with van der Waals surface area (Å²) < 4.78 is 0. The first kappa shape index (κ1) is 16.2. The van der Waals surface area contributed by atoms with Crippen molar-refractivity contribution in [2.45, 2.75) is 51.6 Å². The maximum absolute atomic E-state index is 11.8.